The third-order valence-electron chi connectivity index (χ3n) is 5.67. The lowest BCUT2D eigenvalue weighted by molar-refractivity contribution is -0.146. The number of carbonyl (C=O) groups excluding carboxylic acids is 1. The number of hydrogen-bond donors (Lipinski definition) is 1. The summed E-state index contributed by atoms with van der Waals surface area (Å²) in [6.45, 7) is 1.87. The fourth-order valence-electron chi connectivity index (χ4n) is 3.96. The Bertz CT molecular complexity index is 347. The molecule has 1 saturated heterocycles. The quantitative estimate of drug-likeness (QED) is 0.813. The molecule has 2 saturated carbocycles. The van der Waals surface area contributed by atoms with Crippen LogP contribution in [-0.2, 0) is 4.79 Å². The Hall–Kier alpha value is -0.610. The molecule has 0 bridgehead atoms. The summed E-state index contributed by atoms with van der Waals surface area (Å²) in [7, 11) is 4.33. The van der Waals surface area contributed by atoms with Gasteiger partial charge in [0.15, 0.2) is 0 Å². The van der Waals surface area contributed by atoms with Gasteiger partial charge in [-0.05, 0) is 58.0 Å². The van der Waals surface area contributed by atoms with E-state index in [4.69, 9.17) is 0 Å². The van der Waals surface area contributed by atoms with Gasteiger partial charge in [0.05, 0.1) is 6.10 Å². The second kappa shape index (κ2) is 4.74. The molecule has 1 amide bonds. The lowest BCUT2D eigenvalue weighted by atomic mass is 9.60. The smallest absolute Gasteiger partial charge is 0.225 e. The summed E-state index contributed by atoms with van der Waals surface area (Å²) in [5.74, 6) is 0.406. The fraction of sp³-hybridized carbons (Fsp3) is 0.933. The van der Waals surface area contributed by atoms with Crippen molar-refractivity contribution in [1.29, 1.82) is 0 Å². The number of piperidine rings is 1. The van der Waals surface area contributed by atoms with E-state index < -0.39 is 0 Å². The third kappa shape index (κ3) is 2.40. The summed E-state index contributed by atoms with van der Waals surface area (Å²) in [6.07, 6.45) is 6.12. The van der Waals surface area contributed by atoms with Crippen LogP contribution >= 0.6 is 0 Å². The molecule has 0 radical (unpaired) electrons. The topological polar surface area (TPSA) is 43.8 Å². The number of hydrogen-bond acceptors (Lipinski definition) is 3. The molecule has 0 aromatic rings. The minimum atomic E-state index is -0.224. The van der Waals surface area contributed by atoms with Crippen molar-refractivity contribution >= 4 is 5.91 Å². The number of rotatable bonds is 2. The van der Waals surface area contributed by atoms with Crippen molar-refractivity contribution in [2.75, 3.05) is 27.2 Å². The van der Waals surface area contributed by atoms with E-state index in [1.165, 1.54) is 25.7 Å². The van der Waals surface area contributed by atoms with Crippen LogP contribution in [0.1, 0.15) is 38.5 Å². The van der Waals surface area contributed by atoms with Gasteiger partial charge in [0.1, 0.15) is 0 Å². The molecule has 0 unspecified atom stereocenters. The molecule has 2 aliphatic carbocycles. The normalized spacial score (nSPS) is 34.2. The van der Waals surface area contributed by atoms with Crippen LogP contribution in [0.15, 0.2) is 0 Å². The summed E-state index contributed by atoms with van der Waals surface area (Å²) in [5, 5.41) is 9.30. The number of carbonyl (C=O) groups is 1. The highest BCUT2D eigenvalue weighted by Gasteiger charge is 2.47. The van der Waals surface area contributed by atoms with Crippen LogP contribution in [-0.4, -0.2) is 60.1 Å². The maximum Gasteiger partial charge on any atom is 0.225 e. The van der Waals surface area contributed by atoms with E-state index in [2.05, 4.69) is 19.0 Å². The first kappa shape index (κ1) is 13.4. The van der Waals surface area contributed by atoms with Crippen LogP contribution in [0.2, 0.25) is 0 Å². The lowest BCUT2D eigenvalue weighted by Gasteiger charge is -2.54. The molecule has 3 rings (SSSR count). The van der Waals surface area contributed by atoms with Crippen molar-refractivity contribution in [3.63, 3.8) is 0 Å². The molecule has 108 valence electrons. The van der Waals surface area contributed by atoms with Crippen molar-refractivity contribution < 1.29 is 9.90 Å². The Morgan fingerprint density at radius 1 is 1.21 bits per heavy atom. The first-order chi connectivity index (χ1) is 8.99. The van der Waals surface area contributed by atoms with Gasteiger partial charge in [-0.3, -0.25) is 4.79 Å². The first-order valence-corrected chi connectivity index (χ1v) is 7.62. The van der Waals surface area contributed by atoms with Gasteiger partial charge >= 0.3 is 0 Å². The van der Waals surface area contributed by atoms with Crippen molar-refractivity contribution in [1.82, 2.24) is 9.80 Å². The van der Waals surface area contributed by atoms with Gasteiger partial charge in [-0.15, -0.1) is 0 Å². The van der Waals surface area contributed by atoms with Crippen LogP contribution in [0.4, 0.5) is 0 Å². The molecule has 0 aromatic carbocycles. The number of nitrogens with zero attached hydrogens (tertiary/aromatic N) is 2. The van der Waals surface area contributed by atoms with Crippen LogP contribution < -0.4 is 0 Å². The van der Waals surface area contributed by atoms with E-state index in [0.29, 0.717) is 24.2 Å². The van der Waals surface area contributed by atoms with Crippen molar-refractivity contribution in [3.8, 4) is 0 Å². The van der Waals surface area contributed by atoms with Crippen LogP contribution in [0.25, 0.3) is 0 Å². The van der Waals surface area contributed by atoms with Gasteiger partial charge in [0.25, 0.3) is 0 Å². The van der Waals surface area contributed by atoms with Gasteiger partial charge in [-0.1, -0.05) is 0 Å². The van der Waals surface area contributed by atoms with Crippen molar-refractivity contribution in [2.45, 2.75) is 50.7 Å². The molecule has 3 aliphatic rings. The lowest BCUT2D eigenvalue weighted by Crippen LogP contribution is -2.55. The number of likely N-dealkylation sites (tertiary alicyclic amines) is 1. The third-order valence-corrected chi connectivity index (χ3v) is 5.67. The zero-order chi connectivity index (χ0) is 13.6. The zero-order valence-electron chi connectivity index (χ0n) is 12.1. The van der Waals surface area contributed by atoms with Crippen LogP contribution in [0.3, 0.4) is 0 Å². The van der Waals surface area contributed by atoms with Crippen molar-refractivity contribution in [3.05, 3.63) is 0 Å². The monoisotopic (exact) mass is 266 g/mol. The largest absolute Gasteiger partial charge is 0.393 e. The highest BCUT2D eigenvalue weighted by atomic mass is 16.3. The fourth-order valence-corrected chi connectivity index (χ4v) is 3.96. The van der Waals surface area contributed by atoms with E-state index >= 15 is 0 Å². The molecule has 19 heavy (non-hydrogen) atoms. The second-order valence-electron chi connectivity index (χ2n) is 7.17. The van der Waals surface area contributed by atoms with Crippen LogP contribution in [0, 0.1) is 11.3 Å². The zero-order valence-corrected chi connectivity index (χ0v) is 12.1. The summed E-state index contributed by atoms with van der Waals surface area (Å²) >= 11 is 0. The Morgan fingerprint density at radius 2 is 1.79 bits per heavy atom. The predicted molar refractivity (Wildman–Crippen MR) is 73.7 cm³/mol. The maximum atomic E-state index is 12.2. The number of amides is 1. The summed E-state index contributed by atoms with van der Waals surface area (Å²) in [4.78, 5) is 16.6. The predicted octanol–water partition coefficient (Wildman–Crippen LogP) is 1.09. The van der Waals surface area contributed by atoms with Gasteiger partial charge in [0.2, 0.25) is 5.91 Å². The van der Waals surface area contributed by atoms with E-state index in [1.807, 2.05) is 4.90 Å². The van der Waals surface area contributed by atoms with E-state index in [-0.39, 0.29) is 12.0 Å². The van der Waals surface area contributed by atoms with E-state index in [1.54, 1.807) is 0 Å². The van der Waals surface area contributed by atoms with Gasteiger partial charge in [0, 0.05) is 25.0 Å². The average molecular weight is 266 g/mol. The molecule has 1 aliphatic heterocycles. The molecule has 4 heteroatoms. The Morgan fingerprint density at radius 3 is 2.26 bits per heavy atom. The Kier molecular flexibility index (Phi) is 3.34. The molecule has 0 atom stereocenters. The maximum absolute atomic E-state index is 12.2. The molecule has 3 fully saturated rings. The Balaban J connectivity index is 1.47. The molecule has 1 spiro atoms. The highest BCUT2D eigenvalue weighted by Crippen LogP contribution is 2.50. The molecular weight excluding hydrogens is 240 g/mol. The van der Waals surface area contributed by atoms with E-state index in [9.17, 15) is 9.90 Å². The number of aliphatic hydroxyl groups excluding tert-OH is 1. The average Bonchev–Trinajstić information content (AvgIpc) is 2.31. The van der Waals surface area contributed by atoms with E-state index in [0.717, 1.165) is 19.1 Å². The van der Waals surface area contributed by atoms with Gasteiger partial charge in [-0.25, -0.2) is 0 Å². The molecule has 4 nitrogen and oxygen atoms in total. The van der Waals surface area contributed by atoms with Gasteiger partial charge in [-0.2, -0.15) is 0 Å². The summed E-state index contributed by atoms with van der Waals surface area (Å²) in [6, 6.07) is 0.754. The SMILES string of the molecule is CN(C)C1CC2(CCN(C(=O)C3CC(O)C3)CC2)C1. The minimum absolute atomic E-state index is 0.111. The standard InChI is InChI=1S/C15H26N2O2/c1-16(2)12-9-15(10-12)3-5-17(6-4-15)14(19)11-7-13(18)8-11/h11-13,18H,3-10H2,1-2H3. The molecule has 0 aromatic heterocycles. The summed E-state index contributed by atoms with van der Waals surface area (Å²) in [5.41, 5.74) is 0.533. The molecular formula is C15H26N2O2. The first-order valence-electron chi connectivity index (χ1n) is 7.62. The summed E-state index contributed by atoms with van der Waals surface area (Å²) < 4.78 is 0. The second-order valence-corrected chi connectivity index (χ2v) is 7.17. The number of aliphatic hydroxyl groups is 1. The molecule has 1 N–H and O–H groups in total. The van der Waals surface area contributed by atoms with Gasteiger partial charge < -0.3 is 14.9 Å². The van der Waals surface area contributed by atoms with Crippen molar-refractivity contribution in [2.24, 2.45) is 11.3 Å². The van der Waals surface area contributed by atoms with Crippen LogP contribution in [0.5, 0.6) is 0 Å². The minimum Gasteiger partial charge on any atom is -0.393 e. The Labute approximate surface area is 115 Å². The molecule has 1 heterocycles. The highest BCUT2D eigenvalue weighted by molar-refractivity contribution is 5.80.